The van der Waals surface area contributed by atoms with E-state index in [2.05, 4.69) is 17.1 Å². The largest absolute Gasteiger partial charge is 0.319 e. The van der Waals surface area contributed by atoms with Gasteiger partial charge in [0.2, 0.25) is 10.0 Å². The number of nitrogens with zero attached hydrogens (tertiary/aromatic N) is 3. The van der Waals surface area contributed by atoms with Crippen molar-refractivity contribution < 1.29 is 13.2 Å². The third-order valence-corrected chi connectivity index (χ3v) is 9.46. The van der Waals surface area contributed by atoms with Gasteiger partial charge >= 0.3 is 0 Å². The Bertz CT molecular complexity index is 1290. The van der Waals surface area contributed by atoms with Gasteiger partial charge in [-0.05, 0) is 61.6 Å². The van der Waals surface area contributed by atoms with Crippen molar-refractivity contribution in [2.45, 2.75) is 22.6 Å². The van der Waals surface area contributed by atoms with E-state index < -0.39 is 10.0 Å². The molecule has 0 spiro atoms. The van der Waals surface area contributed by atoms with Crippen LogP contribution in [-0.2, 0) is 21.9 Å². The summed E-state index contributed by atoms with van der Waals surface area (Å²) >= 11 is 9.03. The molecule has 1 saturated heterocycles. The van der Waals surface area contributed by atoms with Crippen molar-refractivity contribution in [3.8, 4) is 0 Å². The number of amides is 1. The summed E-state index contributed by atoms with van der Waals surface area (Å²) in [6.07, 6.45) is 2.95. The molecule has 2 heterocycles. The van der Waals surface area contributed by atoms with Crippen molar-refractivity contribution in [1.29, 1.82) is 0 Å². The first-order valence-electron chi connectivity index (χ1n) is 9.77. The molecule has 0 aliphatic carbocycles. The second-order valence-electron chi connectivity index (χ2n) is 7.36. The van der Waals surface area contributed by atoms with Crippen LogP contribution >= 0.6 is 34.7 Å². The number of sulfonamides is 1. The highest BCUT2D eigenvalue weighted by Gasteiger charge is 2.32. The Morgan fingerprint density at radius 1 is 1.16 bits per heavy atom. The van der Waals surface area contributed by atoms with Crippen molar-refractivity contribution >= 4 is 60.8 Å². The molecule has 0 saturated carbocycles. The number of fused-ring (bicyclic) bond motifs is 1. The van der Waals surface area contributed by atoms with Gasteiger partial charge in [-0.15, -0.1) is 11.8 Å². The monoisotopic (exact) mass is 495 g/mol. The van der Waals surface area contributed by atoms with Gasteiger partial charge in [0.05, 0.1) is 15.1 Å². The number of benzene rings is 2. The molecule has 1 aliphatic heterocycles. The van der Waals surface area contributed by atoms with Gasteiger partial charge in [0.25, 0.3) is 5.91 Å². The van der Waals surface area contributed by atoms with E-state index in [1.807, 2.05) is 23.9 Å². The Kier molecular flexibility index (Phi) is 6.60. The van der Waals surface area contributed by atoms with E-state index in [-0.39, 0.29) is 16.7 Å². The standard InChI is InChI=1S/C21H22ClN3O3S3/c1-24-18-8-5-16(29-2)13-19(18)30-21(24)23-20(26)14-9-11-25(12-10-14)31(27,28)17-6-3-15(22)4-7-17/h3-8,13-14H,9-12H2,1-2H3. The summed E-state index contributed by atoms with van der Waals surface area (Å²) in [4.78, 5) is 19.3. The average molecular weight is 496 g/mol. The number of halogens is 1. The maximum absolute atomic E-state index is 12.8. The number of rotatable bonds is 4. The minimum atomic E-state index is -3.59. The van der Waals surface area contributed by atoms with E-state index in [1.54, 1.807) is 23.9 Å². The number of aromatic nitrogens is 1. The normalized spacial score (nSPS) is 16.8. The Hall–Kier alpha value is -1.65. The molecule has 1 aliphatic rings. The summed E-state index contributed by atoms with van der Waals surface area (Å²) in [6, 6.07) is 12.4. The van der Waals surface area contributed by atoms with Crippen LogP contribution in [0, 0.1) is 5.92 Å². The fourth-order valence-corrected chi connectivity index (χ4v) is 6.81. The number of hydrogen-bond acceptors (Lipinski definition) is 5. The van der Waals surface area contributed by atoms with Crippen LogP contribution in [0.4, 0.5) is 0 Å². The maximum atomic E-state index is 12.8. The molecule has 10 heteroatoms. The molecule has 31 heavy (non-hydrogen) atoms. The summed E-state index contributed by atoms with van der Waals surface area (Å²) in [7, 11) is -1.68. The van der Waals surface area contributed by atoms with E-state index in [9.17, 15) is 13.2 Å². The van der Waals surface area contributed by atoms with Crippen molar-refractivity contribution in [3.05, 3.63) is 52.3 Å². The van der Waals surface area contributed by atoms with E-state index in [1.165, 1.54) is 32.7 Å². The van der Waals surface area contributed by atoms with Crippen LogP contribution in [0.3, 0.4) is 0 Å². The van der Waals surface area contributed by atoms with Crippen LogP contribution in [0.5, 0.6) is 0 Å². The summed E-state index contributed by atoms with van der Waals surface area (Å²) < 4.78 is 30.1. The van der Waals surface area contributed by atoms with Crippen LogP contribution in [0.25, 0.3) is 10.2 Å². The third kappa shape index (κ3) is 4.61. The zero-order chi connectivity index (χ0) is 22.2. The number of aryl methyl sites for hydroxylation is 1. The fraction of sp³-hybridized carbons (Fsp3) is 0.333. The molecule has 0 bridgehead atoms. The average Bonchev–Trinajstić information content (AvgIpc) is 3.08. The molecule has 1 fully saturated rings. The molecular formula is C21H22ClN3O3S3. The first-order valence-corrected chi connectivity index (χ1v) is 13.6. The van der Waals surface area contributed by atoms with Gasteiger partial charge in [0.15, 0.2) is 4.80 Å². The van der Waals surface area contributed by atoms with Gasteiger partial charge in [-0.3, -0.25) is 4.79 Å². The second kappa shape index (κ2) is 9.07. The smallest absolute Gasteiger partial charge is 0.251 e. The highest BCUT2D eigenvalue weighted by atomic mass is 35.5. The molecule has 4 rings (SSSR count). The maximum Gasteiger partial charge on any atom is 0.251 e. The minimum absolute atomic E-state index is 0.184. The molecule has 164 valence electrons. The predicted octanol–water partition coefficient (Wildman–Crippen LogP) is 4.14. The van der Waals surface area contributed by atoms with Gasteiger partial charge < -0.3 is 4.57 Å². The predicted molar refractivity (Wildman–Crippen MR) is 126 cm³/mol. The molecule has 1 aromatic heterocycles. The first-order chi connectivity index (χ1) is 14.8. The van der Waals surface area contributed by atoms with E-state index >= 15 is 0 Å². The van der Waals surface area contributed by atoms with Crippen LogP contribution in [0.15, 0.2) is 57.2 Å². The SMILES string of the molecule is CSc1ccc2c(c1)sc(=NC(=O)C1CCN(S(=O)(=O)c3ccc(Cl)cc3)CC1)n2C. The minimum Gasteiger partial charge on any atom is -0.319 e. The van der Waals surface area contributed by atoms with E-state index in [0.29, 0.717) is 35.8 Å². The molecule has 0 atom stereocenters. The summed E-state index contributed by atoms with van der Waals surface area (Å²) in [5, 5.41) is 0.490. The molecule has 0 unspecified atom stereocenters. The second-order valence-corrected chi connectivity index (χ2v) is 11.6. The quantitative estimate of drug-likeness (QED) is 0.510. The van der Waals surface area contributed by atoms with Gasteiger partial charge in [-0.25, -0.2) is 8.42 Å². The van der Waals surface area contributed by atoms with Crippen molar-refractivity contribution in [1.82, 2.24) is 8.87 Å². The van der Waals surface area contributed by atoms with Gasteiger partial charge in [0.1, 0.15) is 0 Å². The Morgan fingerprint density at radius 3 is 2.48 bits per heavy atom. The highest BCUT2D eigenvalue weighted by molar-refractivity contribution is 7.98. The van der Waals surface area contributed by atoms with Gasteiger partial charge in [0, 0.05) is 36.0 Å². The number of carbonyl (C=O) groups is 1. The highest BCUT2D eigenvalue weighted by Crippen LogP contribution is 2.26. The number of piperidine rings is 1. The Balaban J connectivity index is 1.49. The topological polar surface area (TPSA) is 71.7 Å². The molecule has 0 radical (unpaired) electrons. The summed E-state index contributed by atoms with van der Waals surface area (Å²) in [5.74, 6) is -0.459. The van der Waals surface area contributed by atoms with Crippen molar-refractivity contribution in [3.63, 3.8) is 0 Å². The zero-order valence-corrected chi connectivity index (χ0v) is 20.3. The lowest BCUT2D eigenvalue weighted by molar-refractivity contribution is -0.122. The number of thiazole rings is 1. The van der Waals surface area contributed by atoms with Gasteiger partial charge in [-0.2, -0.15) is 9.30 Å². The van der Waals surface area contributed by atoms with Crippen LogP contribution in [0.1, 0.15) is 12.8 Å². The molecule has 0 N–H and O–H groups in total. The summed E-state index contributed by atoms with van der Waals surface area (Å²) in [5.41, 5.74) is 1.04. The van der Waals surface area contributed by atoms with Crippen molar-refractivity contribution in [2.24, 2.45) is 18.0 Å². The number of thioether (sulfide) groups is 1. The first kappa shape index (κ1) is 22.5. The lowest BCUT2D eigenvalue weighted by Crippen LogP contribution is -2.40. The van der Waals surface area contributed by atoms with Crippen LogP contribution < -0.4 is 4.80 Å². The lowest BCUT2D eigenvalue weighted by Gasteiger charge is -2.29. The molecular weight excluding hydrogens is 474 g/mol. The summed E-state index contributed by atoms with van der Waals surface area (Å²) in [6.45, 7) is 0.596. The number of carbonyl (C=O) groups excluding carboxylic acids is 1. The third-order valence-electron chi connectivity index (χ3n) is 5.48. The fourth-order valence-electron chi connectivity index (χ4n) is 3.63. The van der Waals surface area contributed by atoms with Crippen molar-refractivity contribution in [2.75, 3.05) is 19.3 Å². The molecule has 3 aromatic rings. The van der Waals surface area contributed by atoms with Crippen LogP contribution in [0.2, 0.25) is 5.02 Å². The molecule has 6 nitrogen and oxygen atoms in total. The molecule has 1 amide bonds. The zero-order valence-electron chi connectivity index (χ0n) is 17.1. The lowest BCUT2D eigenvalue weighted by atomic mass is 9.98. The van der Waals surface area contributed by atoms with Crippen LogP contribution in [-0.4, -0.2) is 42.5 Å². The Morgan fingerprint density at radius 2 is 1.84 bits per heavy atom. The van der Waals surface area contributed by atoms with Gasteiger partial charge in [-0.1, -0.05) is 22.9 Å². The number of hydrogen-bond donors (Lipinski definition) is 0. The van der Waals surface area contributed by atoms with E-state index in [0.717, 1.165) is 10.2 Å². The van der Waals surface area contributed by atoms with E-state index in [4.69, 9.17) is 11.6 Å². The Labute approximate surface area is 194 Å². The molecule has 2 aromatic carbocycles.